The second kappa shape index (κ2) is 8.34. The van der Waals surface area contributed by atoms with Crippen molar-refractivity contribution < 1.29 is 13.2 Å². The summed E-state index contributed by atoms with van der Waals surface area (Å²) in [6, 6.07) is 23.4. The maximum absolute atomic E-state index is 14.0. The normalized spacial score (nSPS) is 20.2. The number of rotatable bonds is 5. The lowest BCUT2D eigenvalue weighted by Gasteiger charge is -2.43. The smallest absolute Gasteiger partial charge is 0.264 e. The molecule has 0 radical (unpaired) electrons. The van der Waals surface area contributed by atoms with Gasteiger partial charge in [0.15, 0.2) is 0 Å². The number of hydrogen-bond donors (Lipinski definition) is 0. The van der Waals surface area contributed by atoms with Gasteiger partial charge in [0.05, 0.1) is 16.6 Å². The van der Waals surface area contributed by atoms with E-state index in [0.29, 0.717) is 12.1 Å². The third kappa shape index (κ3) is 3.93. The average Bonchev–Trinajstić information content (AvgIpc) is 3.65. The summed E-state index contributed by atoms with van der Waals surface area (Å²) in [5.41, 5.74) is 3.31. The van der Waals surface area contributed by atoms with Crippen LogP contribution >= 0.6 is 0 Å². The molecule has 0 aromatic heterocycles. The number of carbonyl (C=O) groups excluding carboxylic acids is 1. The van der Waals surface area contributed by atoms with E-state index in [1.54, 1.807) is 16.4 Å². The molecule has 1 fully saturated rings. The van der Waals surface area contributed by atoms with E-state index in [1.807, 2.05) is 85.5 Å². The van der Waals surface area contributed by atoms with Gasteiger partial charge in [-0.15, -0.1) is 0 Å². The summed E-state index contributed by atoms with van der Waals surface area (Å²) in [4.78, 5) is 15.3. The van der Waals surface area contributed by atoms with Crippen molar-refractivity contribution in [2.45, 2.75) is 50.1 Å². The Kier molecular flexibility index (Phi) is 5.49. The van der Waals surface area contributed by atoms with Crippen LogP contribution in [0.3, 0.4) is 0 Å². The van der Waals surface area contributed by atoms with Crippen molar-refractivity contribution >= 4 is 27.3 Å². The van der Waals surface area contributed by atoms with E-state index >= 15 is 0 Å². The first-order chi connectivity index (χ1) is 15.9. The van der Waals surface area contributed by atoms with E-state index in [0.717, 1.165) is 29.7 Å². The minimum Gasteiger partial charge on any atom is -0.309 e. The first-order valence-electron chi connectivity index (χ1n) is 11.5. The Hall–Kier alpha value is -3.12. The number of carbonyl (C=O) groups is 1. The highest BCUT2D eigenvalue weighted by atomic mass is 32.2. The van der Waals surface area contributed by atoms with Gasteiger partial charge < -0.3 is 4.90 Å². The van der Waals surface area contributed by atoms with Gasteiger partial charge in [-0.3, -0.25) is 9.10 Å². The second-order valence-electron chi connectivity index (χ2n) is 9.09. The fourth-order valence-corrected chi connectivity index (χ4v) is 6.39. The Morgan fingerprint density at radius 2 is 1.55 bits per heavy atom. The number of fused-ring (bicyclic) bond motifs is 1. The third-order valence-corrected chi connectivity index (χ3v) is 8.45. The highest BCUT2D eigenvalue weighted by molar-refractivity contribution is 7.92. The van der Waals surface area contributed by atoms with Crippen LogP contribution in [0.2, 0.25) is 0 Å². The lowest BCUT2D eigenvalue weighted by atomic mass is 9.91. The molecular formula is C27H28N2O3S. The average molecular weight is 461 g/mol. The van der Waals surface area contributed by atoms with Gasteiger partial charge in [0.2, 0.25) is 5.91 Å². The molecule has 0 bridgehead atoms. The Balaban J connectivity index is 1.66. The van der Waals surface area contributed by atoms with Crippen molar-refractivity contribution in [2.24, 2.45) is 5.92 Å². The van der Waals surface area contributed by atoms with Crippen LogP contribution in [0, 0.1) is 12.8 Å². The molecule has 5 rings (SSSR count). The van der Waals surface area contributed by atoms with Gasteiger partial charge in [-0.25, -0.2) is 8.42 Å². The molecule has 5 nitrogen and oxygen atoms in total. The molecule has 3 aromatic rings. The van der Waals surface area contributed by atoms with Crippen LogP contribution in [0.1, 0.15) is 43.4 Å². The Bertz CT molecular complexity index is 1270. The van der Waals surface area contributed by atoms with Crippen LogP contribution in [0.4, 0.5) is 11.4 Å². The molecule has 0 spiro atoms. The van der Waals surface area contributed by atoms with E-state index in [-0.39, 0.29) is 22.8 Å². The number of aryl methyl sites for hydroxylation is 1. The quantitative estimate of drug-likeness (QED) is 0.508. The minimum atomic E-state index is -3.85. The van der Waals surface area contributed by atoms with Gasteiger partial charge in [0.25, 0.3) is 10.0 Å². The van der Waals surface area contributed by atoms with E-state index in [4.69, 9.17) is 0 Å². The number of nitrogens with zero attached hydrogens (tertiary/aromatic N) is 2. The highest BCUT2D eigenvalue weighted by Crippen LogP contribution is 2.46. The van der Waals surface area contributed by atoms with E-state index in [1.165, 1.54) is 0 Å². The van der Waals surface area contributed by atoms with Crippen molar-refractivity contribution in [1.82, 2.24) is 0 Å². The lowest BCUT2D eigenvalue weighted by Crippen LogP contribution is -2.48. The largest absolute Gasteiger partial charge is 0.309 e. The van der Waals surface area contributed by atoms with Crippen molar-refractivity contribution in [2.75, 3.05) is 9.21 Å². The van der Waals surface area contributed by atoms with E-state index < -0.39 is 16.1 Å². The van der Waals surface area contributed by atoms with Crippen molar-refractivity contribution in [1.29, 1.82) is 0 Å². The fourth-order valence-electron chi connectivity index (χ4n) is 4.75. The second-order valence-corrected chi connectivity index (χ2v) is 10.9. The molecule has 0 N–H and O–H groups in total. The Labute approximate surface area is 195 Å². The van der Waals surface area contributed by atoms with E-state index in [9.17, 15) is 13.2 Å². The number of sulfonamides is 1. The molecular weight excluding hydrogens is 432 g/mol. The zero-order valence-electron chi connectivity index (χ0n) is 18.9. The first-order valence-corrected chi connectivity index (χ1v) is 12.9. The molecule has 1 aliphatic heterocycles. The SMILES string of the molecule is Cc1ccc(S(=O)(=O)N(c2ccccc2)[C@H]2C[C@H](C)N(C(=O)C3CC3)c3ccccc32)cc1. The molecule has 33 heavy (non-hydrogen) atoms. The van der Waals surface area contributed by atoms with Crippen LogP contribution in [-0.4, -0.2) is 20.4 Å². The predicted octanol–water partition coefficient (Wildman–Crippen LogP) is 5.47. The van der Waals surface area contributed by atoms with Crippen LogP contribution in [0.5, 0.6) is 0 Å². The van der Waals surface area contributed by atoms with Gasteiger partial charge in [-0.05, 0) is 69.0 Å². The monoisotopic (exact) mass is 460 g/mol. The van der Waals surface area contributed by atoms with E-state index in [2.05, 4.69) is 0 Å². The standard InChI is InChI=1S/C27H28N2O3S/c1-19-12-16-23(17-13-19)33(31,32)29(22-8-4-3-5-9-22)26-18-20(2)28(27(30)21-14-15-21)25-11-7-6-10-24(25)26/h3-13,16-17,20-21,26H,14-15,18H2,1-2H3/t20-,26-/m0/s1. The molecule has 6 heteroatoms. The predicted molar refractivity (Wildman–Crippen MR) is 131 cm³/mol. The van der Waals surface area contributed by atoms with Crippen LogP contribution in [-0.2, 0) is 14.8 Å². The minimum absolute atomic E-state index is 0.0959. The molecule has 1 heterocycles. The molecule has 0 saturated heterocycles. The fraction of sp³-hybridized carbons (Fsp3) is 0.296. The Morgan fingerprint density at radius 3 is 2.21 bits per heavy atom. The first kappa shape index (κ1) is 21.7. The molecule has 1 aliphatic carbocycles. The van der Waals surface area contributed by atoms with Gasteiger partial charge in [0, 0.05) is 17.6 Å². The number of para-hydroxylation sites is 2. The van der Waals surface area contributed by atoms with Crippen molar-refractivity contribution in [3.8, 4) is 0 Å². The topological polar surface area (TPSA) is 57.7 Å². The summed E-state index contributed by atoms with van der Waals surface area (Å²) in [6.07, 6.45) is 2.40. The number of benzene rings is 3. The lowest BCUT2D eigenvalue weighted by molar-refractivity contribution is -0.120. The maximum Gasteiger partial charge on any atom is 0.264 e. The number of anilines is 2. The summed E-state index contributed by atoms with van der Waals surface area (Å²) in [5.74, 6) is 0.250. The highest BCUT2D eigenvalue weighted by Gasteiger charge is 2.44. The zero-order chi connectivity index (χ0) is 23.2. The zero-order valence-corrected chi connectivity index (χ0v) is 19.7. The van der Waals surface area contributed by atoms with Gasteiger partial charge >= 0.3 is 0 Å². The molecule has 1 saturated carbocycles. The van der Waals surface area contributed by atoms with Gasteiger partial charge in [0.1, 0.15) is 0 Å². The van der Waals surface area contributed by atoms with Crippen molar-refractivity contribution in [3.63, 3.8) is 0 Å². The summed E-state index contributed by atoms with van der Waals surface area (Å²) in [6.45, 7) is 3.96. The molecule has 3 aromatic carbocycles. The molecule has 170 valence electrons. The summed E-state index contributed by atoms with van der Waals surface area (Å²) in [5, 5.41) is 0. The summed E-state index contributed by atoms with van der Waals surface area (Å²) < 4.78 is 29.6. The molecule has 2 atom stereocenters. The summed E-state index contributed by atoms with van der Waals surface area (Å²) in [7, 11) is -3.85. The molecule has 2 aliphatic rings. The maximum atomic E-state index is 14.0. The van der Waals surface area contributed by atoms with Crippen molar-refractivity contribution in [3.05, 3.63) is 90.0 Å². The molecule has 0 unspecified atom stereocenters. The van der Waals surface area contributed by atoms with Crippen LogP contribution < -0.4 is 9.21 Å². The van der Waals surface area contributed by atoms with Gasteiger partial charge in [-0.2, -0.15) is 0 Å². The van der Waals surface area contributed by atoms with Crippen LogP contribution in [0.25, 0.3) is 0 Å². The number of amides is 1. The Morgan fingerprint density at radius 1 is 0.909 bits per heavy atom. The van der Waals surface area contributed by atoms with Crippen LogP contribution in [0.15, 0.2) is 83.8 Å². The third-order valence-electron chi connectivity index (χ3n) is 6.60. The number of hydrogen-bond acceptors (Lipinski definition) is 3. The van der Waals surface area contributed by atoms with Gasteiger partial charge in [-0.1, -0.05) is 54.1 Å². The summed E-state index contributed by atoms with van der Waals surface area (Å²) >= 11 is 0. The molecule has 1 amide bonds.